The van der Waals surface area contributed by atoms with Gasteiger partial charge in [0.05, 0.1) is 17.1 Å². The number of nitrogens with zero attached hydrogens (tertiary/aromatic N) is 2. The molecule has 2 aliphatic carbocycles. The lowest BCUT2D eigenvalue weighted by Gasteiger charge is -2.17. The second kappa shape index (κ2) is 9.55. The van der Waals surface area contributed by atoms with Crippen molar-refractivity contribution in [2.24, 2.45) is 5.41 Å². The van der Waals surface area contributed by atoms with Gasteiger partial charge in [-0.25, -0.2) is 4.39 Å². The van der Waals surface area contributed by atoms with Crippen LogP contribution < -0.4 is 16.4 Å². The number of benzene rings is 1. The summed E-state index contributed by atoms with van der Waals surface area (Å²) >= 11 is 6.66. The van der Waals surface area contributed by atoms with Crippen molar-refractivity contribution < 1.29 is 9.18 Å². The third-order valence-electron chi connectivity index (χ3n) is 8.19. The van der Waals surface area contributed by atoms with Gasteiger partial charge in [0.25, 0.3) is 11.1 Å². The first-order valence-electron chi connectivity index (χ1n) is 13.3. The molecule has 2 N–H and O–H groups in total. The van der Waals surface area contributed by atoms with Gasteiger partial charge in [-0.3, -0.25) is 23.9 Å². The normalized spacial score (nSPS) is 18.8. The van der Waals surface area contributed by atoms with Crippen molar-refractivity contribution in [1.29, 1.82) is 0 Å². The Morgan fingerprint density at radius 3 is 2.60 bits per heavy atom. The van der Waals surface area contributed by atoms with Crippen molar-refractivity contribution in [2.45, 2.75) is 51.9 Å². The first kappa shape index (κ1) is 26.2. The number of aromatic nitrogens is 3. The van der Waals surface area contributed by atoms with Crippen LogP contribution >= 0.6 is 11.6 Å². The van der Waals surface area contributed by atoms with Crippen molar-refractivity contribution >= 4 is 23.2 Å². The third-order valence-corrected chi connectivity index (χ3v) is 8.57. The van der Waals surface area contributed by atoms with Crippen molar-refractivity contribution in [2.75, 3.05) is 5.32 Å². The predicted octanol–water partition coefficient (Wildman–Crippen LogP) is 6.01. The van der Waals surface area contributed by atoms with Gasteiger partial charge in [0.2, 0.25) is 5.91 Å². The number of H-pyrrole nitrogens is 1. The molecule has 2 aliphatic rings. The van der Waals surface area contributed by atoms with Gasteiger partial charge < -0.3 is 10.3 Å². The molecule has 0 spiro atoms. The lowest BCUT2D eigenvalue weighted by Crippen LogP contribution is -2.23. The molecule has 2 atom stereocenters. The van der Waals surface area contributed by atoms with E-state index in [9.17, 15) is 14.4 Å². The maximum atomic E-state index is 15.6. The van der Waals surface area contributed by atoms with Gasteiger partial charge in [-0.2, -0.15) is 0 Å². The highest BCUT2D eigenvalue weighted by atomic mass is 35.5. The van der Waals surface area contributed by atoms with Gasteiger partial charge in [0, 0.05) is 34.6 Å². The second-order valence-electron chi connectivity index (χ2n) is 11.1. The van der Waals surface area contributed by atoms with Crippen LogP contribution in [0.3, 0.4) is 0 Å². The fraction of sp³-hybridized carbons (Fsp3) is 0.290. The molecule has 0 bridgehead atoms. The van der Waals surface area contributed by atoms with Crippen LogP contribution in [0.5, 0.6) is 0 Å². The van der Waals surface area contributed by atoms with Gasteiger partial charge in [0.15, 0.2) is 5.82 Å². The number of anilines is 1. The molecule has 0 unspecified atom stereocenters. The minimum absolute atomic E-state index is 0.00427. The zero-order valence-electron chi connectivity index (χ0n) is 22.3. The minimum atomic E-state index is -0.587. The second-order valence-corrected chi connectivity index (χ2v) is 11.5. The first-order valence-corrected chi connectivity index (χ1v) is 13.6. The number of rotatable bonds is 6. The Kier molecular flexibility index (Phi) is 6.26. The standard InChI is InChI=1S/C31H28ClFN4O3/c1-16-15-35-24(19-6-4-8-23(27(19)33)36-30(40)31(3)9-10-31)14-25(16)37-17(2)12-22(26(32)29(37)39)21-13-20(21)18-7-5-11-34-28(18)38/h4-8,11-12,14-15,20-21H,9-10,13H2,1-3H3,(H,34,38)(H,36,40)/t20-,21+/m1/s1. The van der Waals surface area contributed by atoms with Crippen LogP contribution in [0, 0.1) is 25.1 Å². The Hall–Kier alpha value is -4.04. The summed E-state index contributed by atoms with van der Waals surface area (Å²) < 4.78 is 17.1. The molecule has 0 radical (unpaired) electrons. The van der Waals surface area contributed by atoms with Gasteiger partial charge >= 0.3 is 0 Å². The Bertz CT molecular complexity index is 1810. The Morgan fingerprint density at radius 2 is 1.88 bits per heavy atom. The average Bonchev–Trinajstić information content (AvgIpc) is 3.86. The highest BCUT2D eigenvalue weighted by molar-refractivity contribution is 6.31. The smallest absolute Gasteiger partial charge is 0.274 e. The van der Waals surface area contributed by atoms with Crippen LogP contribution in [0.2, 0.25) is 5.02 Å². The Labute approximate surface area is 235 Å². The zero-order valence-corrected chi connectivity index (χ0v) is 23.1. The van der Waals surface area contributed by atoms with Crippen LogP contribution in [-0.4, -0.2) is 20.4 Å². The van der Waals surface area contributed by atoms with E-state index in [1.165, 1.54) is 10.6 Å². The molecule has 4 aromatic rings. The van der Waals surface area contributed by atoms with E-state index >= 15 is 4.39 Å². The third kappa shape index (κ3) is 4.46. The number of hydrogen-bond acceptors (Lipinski definition) is 4. The van der Waals surface area contributed by atoms with E-state index in [2.05, 4.69) is 15.3 Å². The minimum Gasteiger partial charge on any atom is -0.329 e. The van der Waals surface area contributed by atoms with Crippen molar-refractivity contribution in [1.82, 2.24) is 14.5 Å². The fourth-order valence-corrected chi connectivity index (χ4v) is 5.61. The van der Waals surface area contributed by atoms with Crippen LogP contribution in [-0.2, 0) is 4.79 Å². The number of hydrogen-bond donors (Lipinski definition) is 2. The molecule has 3 aromatic heterocycles. The molecule has 1 aromatic carbocycles. The number of aromatic amines is 1. The highest BCUT2D eigenvalue weighted by Crippen LogP contribution is 2.55. The summed E-state index contributed by atoms with van der Waals surface area (Å²) in [7, 11) is 0. The van der Waals surface area contributed by atoms with Gasteiger partial charge in [-0.1, -0.05) is 30.7 Å². The van der Waals surface area contributed by atoms with Crippen molar-refractivity contribution in [3.63, 3.8) is 0 Å². The van der Waals surface area contributed by atoms with E-state index in [0.717, 1.165) is 24.8 Å². The summed E-state index contributed by atoms with van der Waals surface area (Å²) in [6, 6.07) is 11.9. The van der Waals surface area contributed by atoms with E-state index < -0.39 is 11.2 Å². The number of halogens is 2. The van der Waals surface area contributed by atoms with E-state index in [0.29, 0.717) is 28.2 Å². The van der Waals surface area contributed by atoms with Crippen LogP contribution in [0.15, 0.2) is 64.4 Å². The summed E-state index contributed by atoms with van der Waals surface area (Å²) in [5.74, 6) is -0.802. The summed E-state index contributed by atoms with van der Waals surface area (Å²) in [4.78, 5) is 45.5. The number of carbonyl (C=O) groups excluding carboxylic acids is 1. The molecule has 6 rings (SSSR count). The quantitative estimate of drug-likeness (QED) is 0.303. The number of nitrogens with one attached hydrogen (secondary N) is 2. The summed E-state index contributed by atoms with van der Waals surface area (Å²) in [6.45, 7) is 5.50. The van der Waals surface area contributed by atoms with Crippen molar-refractivity contribution in [3.05, 3.63) is 109 Å². The van der Waals surface area contributed by atoms with Crippen molar-refractivity contribution in [3.8, 4) is 16.9 Å². The SMILES string of the molecule is Cc1cnc(-c2cccc(NC(=O)C3(C)CC3)c2F)cc1-n1c(C)cc([C@H]2C[C@@H]2c2ccc[nH]c2=O)c(Cl)c1=O. The largest absolute Gasteiger partial charge is 0.329 e. The number of amides is 1. The molecule has 204 valence electrons. The highest BCUT2D eigenvalue weighted by Gasteiger charge is 2.45. The van der Waals surface area contributed by atoms with Gasteiger partial charge in [0.1, 0.15) is 5.02 Å². The summed E-state index contributed by atoms with van der Waals surface area (Å²) in [6.07, 6.45) is 5.49. The molecule has 40 heavy (non-hydrogen) atoms. The topological polar surface area (TPSA) is 96.8 Å². The Balaban J connectivity index is 1.36. The summed E-state index contributed by atoms with van der Waals surface area (Å²) in [5, 5.41) is 2.82. The van der Waals surface area contributed by atoms with Crippen LogP contribution in [0.25, 0.3) is 16.9 Å². The molecule has 7 nitrogen and oxygen atoms in total. The molecule has 1 amide bonds. The van der Waals surface area contributed by atoms with E-state index in [1.807, 2.05) is 26.8 Å². The monoisotopic (exact) mass is 558 g/mol. The molecule has 9 heteroatoms. The molecule has 2 saturated carbocycles. The maximum Gasteiger partial charge on any atom is 0.274 e. The van der Waals surface area contributed by atoms with E-state index in [-0.39, 0.29) is 45.1 Å². The van der Waals surface area contributed by atoms with Gasteiger partial charge in [-0.05, 0) is 86.4 Å². The predicted molar refractivity (Wildman–Crippen MR) is 153 cm³/mol. The van der Waals surface area contributed by atoms with E-state index in [4.69, 9.17) is 11.6 Å². The first-order chi connectivity index (χ1) is 19.1. The summed E-state index contributed by atoms with van der Waals surface area (Å²) in [5.41, 5.74) is 2.98. The Morgan fingerprint density at radius 1 is 1.12 bits per heavy atom. The van der Waals surface area contributed by atoms with Gasteiger partial charge in [-0.15, -0.1) is 0 Å². The van der Waals surface area contributed by atoms with Crippen LogP contribution in [0.1, 0.15) is 60.4 Å². The molecule has 3 heterocycles. The van der Waals surface area contributed by atoms with Crippen LogP contribution in [0.4, 0.5) is 10.1 Å². The lowest BCUT2D eigenvalue weighted by atomic mass is 10.0. The molecular formula is C31H28ClFN4O3. The number of aryl methyl sites for hydroxylation is 2. The molecule has 2 fully saturated rings. The average molecular weight is 559 g/mol. The number of pyridine rings is 3. The van der Waals surface area contributed by atoms with E-state index in [1.54, 1.807) is 42.7 Å². The molecule has 0 saturated heterocycles. The lowest BCUT2D eigenvalue weighted by molar-refractivity contribution is -0.120. The number of carbonyl (C=O) groups is 1. The maximum absolute atomic E-state index is 15.6. The molecular weight excluding hydrogens is 531 g/mol. The molecule has 0 aliphatic heterocycles. The fourth-order valence-electron chi connectivity index (χ4n) is 5.33. The zero-order chi connectivity index (χ0) is 28.3.